The van der Waals surface area contributed by atoms with Crippen molar-refractivity contribution in [3.63, 3.8) is 0 Å². The van der Waals surface area contributed by atoms with Crippen LogP contribution in [0.15, 0.2) is 18.2 Å². The van der Waals surface area contributed by atoms with Crippen molar-refractivity contribution in [2.45, 2.75) is 13.8 Å². The molecule has 0 fully saturated rings. The van der Waals surface area contributed by atoms with Gasteiger partial charge in [0.1, 0.15) is 5.75 Å². The largest absolute Gasteiger partial charge is 0.482 e. The molecule has 7 nitrogen and oxygen atoms in total. The minimum atomic E-state index is -1.02. The van der Waals surface area contributed by atoms with E-state index in [1.165, 1.54) is 11.3 Å². The van der Waals surface area contributed by atoms with Crippen LogP contribution < -0.4 is 9.64 Å². The normalized spacial score (nSPS) is 13.9. The van der Waals surface area contributed by atoms with E-state index in [9.17, 15) is 14.7 Å². The minimum absolute atomic E-state index is 0.0223. The first-order valence-electron chi connectivity index (χ1n) is 7.64. The first-order chi connectivity index (χ1) is 11.9. The number of amides is 1. The number of aryl methyl sites for hydroxylation is 2. The van der Waals surface area contributed by atoms with Crippen LogP contribution in [-0.4, -0.2) is 40.0 Å². The first-order valence-corrected chi connectivity index (χ1v) is 8.45. The summed E-state index contributed by atoms with van der Waals surface area (Å²) in [6.07, 6.45) is 0. The molecule has 4 rings (SSSR count). The van der Waals surface area contributed by atoms with Gasteiger partial charge in [-0.2, -0.15) is 0 Å². The lowest BCUT2D eigenvalue weighted by molar-refractivity contribution is -0.120. The van der Waals surface area contributed by atoms with Gasteiger partial charge < -0.3 is 14.7 Å². The number of aromatic carboxylic acids is 1. The maximum absolute atomic E-state index is 11.9. The highest BCUT2D eigenvalue weighted by Crippen LogP contribution is 2.39. The van der Waals surface area contributed by atoms with Crippen molar-refractivity contribution < 1.29 is 19.4 Å². The molecule has 3 heterocycles. The van der Waals surface area contributed by atoms with E-state index in [1.807, 2.05) is 19.1 Å². The highest BCUT2D eigenvalue weighted by molar-refractivity contribution is 7.17. The monoisotopic (exact) mass is 357 g/mol. The fourth-order valence-electron chi connectivity index (χ4n) is 3.12. The fourth-order valence-corrected chi connectivity index (χ4v) is 4.16. The van der Waals surface area contributed by atoms with E-state index < -0.39 is 5.97 Å². The maximum atomic E-state index is 11.9. The number of carboxylic acids is 1. The maximum Gasteiger partial charge on any atom is 0.354 e. The number of carboxylic acid groups (broad SMARTS) is 1. The lowest BCUT2D eigenvalue weighted by Crippen LogP contribution is -2.35. The Bertz CT molecular complexity index is 1050. The number of imidazole rings is 1. The van der Waals surface area contributed by atoms with Gasteiger partial charge in [0.2, 0.25) is 0 Å². The molecule has 8 heteroatoms. The Kier molecular flexibility index (Phi) is 3.33. The van der Waals surface area contributed by atoms with Crippen LogP contribution in [-0.2, 0) is 4.79 Å². The molecule has 0 bridgehead atoms. The van der Waals surface area contributed by atoms with Gasteiger partial charge in [-0.15, -0.1) is 11.3 Å². The second kappa shape index (κ2) is 5.32. The van der Waals surface area contributed by atoms with E-state index in [0.717, 1.165) is 16.1 Å². The van der Waals surface area contributed by atoms with Crippen molar-refractivity contribution in [1.82, 2.24) is 9.38 Å². The molecule has 0 saturated heterocycles. The Hall–Kier alpha value is -2.87. The molecule has 1 aliphatic rings. The quantitative estimate of drug-likeness (QED) is 0.762. The van der Waals surface area contributed by atoms with E-state index >= 15 is 0 Å². The molecular weight excluding hydrogens is 342 g/mol. The number of ether oxygens (including phenoxy) is 1. The highest BCUT2D eigenvalue weighted by atomic mass is 32.1. The molecule has 1 amide bonds. The minimum Gasteiger partial charge on any atom is -0.482 e. The third-order valence-corrected chi connectivity index (χ3v) is 5.30. The molecule has 0 unspecified atom stereocenters. The van der Waals surface area contributed by atoms with Gasteiger partial charge in [0.15, 0.2) is 17.3 Å². The standard InChI is InChI=1S/C17H15N3O4S/c1-8-14(16(22)23)20-15(9(2)25-17(20)18-8)10-4-5-12-11(6-10)19(3)13(21)7-24-12/h4-6H,7H2,1-3H3,(H,22,23). The first kappa shape index (κ1) is 15.6. The van der Waals surface area contributed by atoms with Crippen molar-refractivity contribution in [2.24, 2.45) is 0 Å². The van der Waals surface area contributed by atoms with Crippen LogP contribution in [0.25, 0.3) is 16.2 Å². The van der Waals surface area contributed by atoms with Crippen molar-refractivity contribution in [1.29, 1.82) is 0 Å². The van der Waals surface area contributed by atoms with E-state index in [2.05, 4.69) is 4.98 Å². The molecule has 1 aromatic carbocycles. The Morgan fingerprint density at radius 1 is 1.36 bits per heavy atom. The molecule has 1 aliphatic heterocycles. The molecule has 3 aromatic rings. The number of hydrogen-bond donors (Lipinski definition) is 1. The van der Waals surface area contributed by atoms with Gasteiger partial charge in [-0.25, -0.2) is 9.78 Å². The van der Waals surface area contributed by atoms with Gasteiger partial charge in [-0.05, 0) is 32.0 Å². The summed E-state index contributed by atoms with van der Waals surface area (Å²) in [5.41, 5.74) is 2.89. The summed E-state index contributed by atoms with van der Waals surface area (Å²) in [5.74, 6) is -0.505. The number of benzene rings is 1. The van der Waals surface area contributed by atoms with E-state index in [4.69, 9.17) is 4.74 Å². The number of fused-ring (bicyclic) bond motifs is 2. The lowest BCUT2D eigenvalue weighted by Gasteiger charge is -2.26. The molecule has 0 aliphatic carbocycles. The van der Waals surface area contributed by atoms with Crippen LogP contribution in [0.4, 0.5) is 5.69 Å². The Balaban J connectivity index is 1.98. The number of aromatic nitrogens is 2. The zero-order valence-electron chi connectivity index (χ0n) is 13.9. The van der Waals surface area contributed by atoms with Crippen molar-refractivity contribution in [2.75, 3.05) is 18.6 Å². The van der Waals surface area contributed by atoms with Gasteiger partial charge >= 0.3 is 5.97 Å². The molecular formula is C17H15N3O4S. The summed E-state index contributed by atoms with van der Waals surface area (Å²) in [6, 6.07) is 5.53. The number of carbonyl (C=O) groups excluding carboxylic acids is 1. The van der Waals surface area contributed by atoms with Crippen LogP contribution >= 0.6 is 11.3 Å². The summed E-state index contributed by atoms with van der Waals surface area (Å²) in [4.78, 5) is 31.1. The van der Waals surface area contributed by atoms with Crippen LogP contribution in [0.2, 0.25) is 0 Å². The van der Waals surface area contributed by atoms with Gasteiger partial charge in [0.05, 0.1) is 17.1 Å². The lowest BCUT2D eigenvalue weighted by atomic mass is 10.1. The number of hydrogen-bond acceptors (Lipinski definition) is 5. The Morgan fingerprint density at radius 2 is 2.12 bits per heavy atom. The second-order valence-electron chi connectivity index (χ2n) is 5.90. The van der Waals surface area contributed by atoms with Gasteiger partial charge in [0, 0.05) is 17.5 Å². The van der Waals surface area contributed by atoms with E-state index in [1.54, 1.807) is 29.3 Å². The number of carbonyl (C=O) groups is 2. The van der Waals surface area contributed by atoms with Crippen LogP contribution in [0, 0.1) is 13.8 Å². The number of likely N-dealkylation sites (N-methyl/N-ethyl adjacent to an activating group) is 1. The van der Waals surface area contributed by atoms with Gasteiger partial charge in [-0.1, -0.05) is 0 Å². The SMILES string of the molecule is Cc1nc2sc(C)c(-c3ccc4c(c3)N(C)C(=O)CO4)n2c1C(=O)O. The smallest absolute Gasteiger partial charge is 0.354 e. The molecule has 0 atom stereocenters. The van der Waals surface area contributed by atoms with Crippen molar-refractivity contribution in [3.8, 4) is 17.0 Å². The third kappa shape index (κ3) is 2.21. The topological polar surface area (TPSA) is 84.1 Å². The molecule has 25 heavy (non-hydrogen) atoms. The predicted octanol–water partition coefficient (Wildman–Crippen LogP) is 2.73. The van der Waals surface area contributed by atoms with Crippen LogP contribution in [0.5, 0.6) is 5.75 Å². The van der Waals surface area contributed by atoms with Crippen LogP contribution in [0.1, 0.15) is 21.1 Å². The fraction of sp³-hybridized carbons (Fsp3) is 0.235. The predicted molar refractivity (Wildman–Crippen MR) is 93.8 cm³/mol. The molecule has 1 N–H and O–H groups in total. The molecule has 0 saturated carbocycles. The molecule has 128 valence electrons. The molecule has 2 aromatic heterocycles. The number of nitrogens with zero attached hydrogens (tertiary/aromatic N) is 3. The van der Waals surface area contributed by atoms with Gasteiger partial charge in [0.25, 0.3) is 5.91 Å². The second-order valence-corrected chi connectivity index (χ2v) is 7.08. The molecule has 0 radical (unpaired) electrons. The Labute approximate surface area is 147 Å². The zero-order valence-corrected chi connectivity index (χ0v) is 14.7. The van der Waals surface area contributed by atoms with E-state index in [-0.39, 0.29) is 18.2 Å². The average molecular weight is 357 g/mol. The van der Waals surface area contributed by atoms with Crippen LogP contribution in [0.3, 0.4) is 0 Å². The Morgan fingerprint density at radius 3 is 2.84 bits per heavy atom. The van der Waals surface area contributed by atoms with Gasteiger partial charge in [-0.3, -0.25) is 9.20 Å². The summed E-state index contributed by atoms with van der Waals surface area (Å²) >= 11 is 1.44. The number of anilines is 1. The average Bonchev–Trinajstić information content (AvgIpc) is 3.03. The zero-order chi connectivity index (χ0) is 17.9. The van der Waals surface area contributed by atoms with E-state index in [0.29, 0.717) is 22.1 Å². The highest BCUT2D eigenvalue weighted by Gasteiger charge is 2.26. The summed E-state index contributed by atoms with van der Waals surface area (Å²) in [6.45, 7) is 3.64. The summed E-state index contributed by atoms with van der Waals surface area (Å²) < 4.78 is 7.13. The third-order valence-electron chi connectivity index (χ3n) is 4.34. The molecule has 0 spiro atoms. The number of thiazole rings is 1. The van der Waals surface area contributed by atoms with Crippen molar-refractivity contribution in [3.05, 3.63) is 34.5 Å². The van der Waals surface area contributed by atoms with Crippen molar-refractivity contribution >= 4 is 33.9 Å². The summed E-state index contributed by atoms with van der Waals surface area (Å²) in [5, 5.41) is 9.57. The number of rotatable bonds is 2. The summed E-state index contributed by atoms with van der Waals surface area (Å²) in [7, 11) is 1.70.